The number of anilines is 2. The summed E-state index contributed by atoms with van der Waals surface area (Å²) >= 11 is 5.85. The van der Waals surface area contributed by atoms with Gasteiger partial charge in [-0.3, -0.25) is 0 Å². The minimum absolute atomic E-state index is 0.00710. The Kier molecular flexibility index (Phi) is 4.26. The molecule has 2 aromatic carbocycles. The van der Waals surface area contributed by atoms with Crippen LogP contribution in [0.15, 0.2) is 30.3 Å². The second-order valence-electron chi connectivity index (χ2n) is 6.07. The first-order chi connectivity index (χ1) is 12.5. The minimum Gasteiger partial charge on any atom is -0.486 e. The molecule has 4 N–H and O–H groups in total. The van der Waals surface area contributed by atoms with E-state index in [1.807, 2.05) is 0 Å². The first kappa shape index (κ1) is 16.8. The van der Waals surface area contributed by atoms with Crippen molar-refractivity contribution in [1.82, 2.24) is 9.97 Å². The van der Waals surface area contributed by atoms with Crippen LogP contribution in [0.1, 0.15) is 6.42 Å². The van der Waals surface area contributed by atoms with Crippen molar-refractivity contribution in [2.24, 2.45) is 0 Å². The fourth-order valence-electron chi connectivity index (χ4n) is 2.85. The highest BCUT2D eigenvalue weighted by atomic mass is 35.5. The Morgan fingerprint density at radius 1 is 1.19 bits per heavy atom. The van der Waals surface area contributed by atoms with Crippen LogP contribution in [0.2, 0.25) is 5.02 Å². The topological polar surface area (TPSA) is 96.3 Å². The summed E-state index contributed by atoms with van der Waals surface area (Å²) in [5, 5.41) is 0.613. The molecule has 0 spiro atoms. The zero-order valence-corrected chi connectivity index (χ0v) is 14.5. The van der Waals surface area contributed by atoms with E-state index in [0.29, 0.717) is 46.9 Å². The molecule has 4 rings (SSSR count). The first-order valence-electron chi connectivity index (χ1n) is 8.08. The molecule has 6 nitrogen and oxygen atoms in total. The number of fused-ring (bicyclic) bond motifs is 1. The van der Waals surface area contributed by atoms with Gasteiger partial charge in [-0.2, -0.15) is 0 Å². The third-order valence-electron chi connectivity index (χ3n) is 4.22. The van der Waals surface area contributed by atoms with Crippen LogP contribution in [-0.2, 0) is 4.74 Å². The Bertz CT molecular complexity index is 993. The van der Waals surface area contributed by atoms with Gasteiger partial charge in [0.25, 0.3) is 0 Å². The fourth-order valence-corrected chi connectivity index (χ4v) is 3.03. The van der Waals surface area contributed by atoms with E-state index in [1.165, 1.54) is 12.1 Å². The van der Waals surface area contributed by atoms with Crippen molar-refractivity contribution in [3.63, 3.8) is 0 Å². The molecular weight excluding hydrogens is 359 g/mol. The molecule has 0 radical (unpaired) electrons. The zero-order valence-electron chi connectivity index (χ0n) is 13.7. The van der Waals surface area contributed by atoms with E-state index in [0.717, 1.165) is 6.42 Å². The van der Waals surface area contributed by atoms with Crippen molar-refractivity contribution >= 4 is 34.0 Å². The van der Waals surface area contributed by atoms with Gasteiger partial charge in [0.2, 0.25) is 0 Å². The molecular formula is C18H16ClFN4O2. The molecule has 3 aromatic rings. The number of nitrogens with zero attached hydrogens (tertiary/aromatic N) is 2. The van der Waals surface area contributed by atoms with Crippen molar-refractivity contribution in [2.45, 2.75) is 12.5 Å². The predicted molar refractivity (Wildman–Crippen MR) is 98.6 cm³/mol. The van der Waals surface area contributed by atoms with Crippen LogP contribution in [0.25, 0.3) is 22.3 Å². The number of nitrogens with two attached hydrogens (primary N) is 2. The number of nitrogen functional groups attached to an aromatic ring is 2. The van der Waals surface area contributed by atoms with Gasteiger partial charge in [-0.1, -0.05) is 11.6 Å². The van der Waals surface area contributed by atoms with Crippen LogP contribution in [0, 0.1) is 5.82 Å². The Labute approximate surface area is 153 Å². The van der Waals surface area contributed by atoms with E-state index in [-0.39, 0.29) is 16.9 Å². The fraction of sp³-hybridized carbons (Fsp3) is 0.222. The molecule has 0 saturated carbocycles. The van der Waals surface area contributed by atoms with Crippen LogP contribution in [0.5, 0.6) is 5.75 Å². The van der Waals surface area contributed by atoms with Gasteiger partial charge in [0.05, 0.1) is 29.4 Å². The van der Waals surface area contributed by atoms with Gasteiger partial charge in [-0.15, -0.1) is 0 Å². The molecule has 1 atom stereocenters. The zero-order chi connectivity index (χ0) is 18.3. The quantitative estimate of drug-likeness (QED) is 0.682. The highest BCUT2D eigenvalue weighted by Gasteiger charge is 2.19. The molecule has 26 heavy (non-hydrogen) atoms. The minimum atomic E-state index is -0.508. The molecule has 1 fully saturated rings. The lowest BCUT2D eigenvalue weighted by molar-refractivity contribution is 0.142. The summed E-state index contributed by atoms with van der Waals surface area (Å²) in [4.78, 5) is 8.80. The molecule has 0 amide bonds. The lowest BCUT2D eigenvalue weighted by Crippen LogP contribution is -2.16. The van der Waals surface area contributed by atoms with Crippen molar-refractivity contribution < 1.29 is 13.9 Å². The summed E-state index contributed by atoms with van der Waals surface area (Å²) in [6, 6.07) is 7.69. The number of ether oxygens (including phenoxy) is 2. The highest BCUT2D eigenvalue weighted by Crippen LogP contribution is 2.33. The molecule has 1 aliphatic heterocycles. The molecule has 2 heterocycles. The number of hydrogen-bond donors (Lipinski definition) is 2. The van der Waals surface area contributed by atoms with E-state index in [1.54, 1.807) is 18.2 Å². The molecule has 134 valence electrons. The van der Waals surface area contributed by atoms with Crippen LogP contribution < -0.4 is 16.2 Å². The van der Waals surface area contributed by atoms with E-state index in [4.69, 9.17) is 32.5 Å². The smallest absolute Gasteiger partial charge is 0.162 e. The summed E-state index contributed by atoms with van der Waals surface area (Å²) in [6.45, 7) is 1.20. The SMILES string of the molecule is Nc1cc2c(N)nc(-c3ccc(F)c(Cl)c3)nc2cc1OC1CCOC1. The number of aromatic nitrogens is 2. The molecule has 8 heteroatoms. The second kappa shape index (κ2) is 6.59. The summed E-state index contributed by atoms with van der Waals surface area (Å²) in [6.07, 6.45) is 0.771. The molecule has 1 aliphatic rings. The predicted octanol–water partition coefficient (Wildman–Crippen LogP) is 3.42. The standard InChI is InChI=1S/C18H16ClFN4O2/c19-12-5-9(1-2-13(12)20)18-23-15-7-16(26-10-3-4-25-8-10)14(21)6-11(15)17(22)24-18/h1-2,5-7,10H,3-4,8,21H2,(H2,22,23,24). The normalized spacial score (nSPS) is 16.9. The highest BCUT2D eigenvalue weighted by molar-refractivity contribution is 6.31. The van der Waals surface area contributed by atoms with E-state index >= 15 is 0 Å². The van der Waals surface area contributed by atoms with E-state index in [2.05, 4.69) is 9.97 Å². The van der Waals surface area contributed by atoms with Gasteiger partial charge in [0.15, 0.2) is 5.82 Å². The number of benzene rings is 2. The molecule has 1 saturated heterocycles. The number of hydrogen-bond acceptors (Lipinski definition) is 6. The average Bonchev–Trinajstić information content (AvgIpc) is 3.12. The third kappa shape index (κ3) is 3.11. The monoisotopic (exact) mass is 374 g/mol. The van der Waals surface area contributed by atoms with Crippen molar-refractivity contribution in [3.8, 4) is 17.1 Å². The molecule has 0 bridgehead atoms. The maximum atomic E-state index is 13.4. The van der Waals surface area contributed by atoms with Gasteiger partial charge in [0, 0.05) is 23.4 Å². The van der Waals surface area contributed by atoms with Crippen molar-refractivity contribution in [2.75, 3.05) is 24.7 Å². The Balaban J connectivity index is 1.78. The Hall–Kier alpha value is -2.64. The maximum absolute atomic E-state index is 13.4. The van der Waals surface area contributed by atoms with Gasteiger partial charge in [-0.25, -0.2) is 14.4 Å². The first-order valence-corrected chi connectivity index (χ1v) is 8.45. The summed E-state index contributed by atoms with van der Waals surface area (Å²) in [5.74, 6) is 0.630. The van der Waals surface area contributed by atoms with Crippen LogP contribution in [0.4, 0.5) is 15.9 Å². The van der Waals surface area contributed by atoms with Gasteiger partial charge >= 0.3 is 0 Å². The van der Waals surface area contributed by atoms with Crippen LogP contribution in [-0.4, -0.2) is 29.3 Å². The van der Waals surface area contributed by atoms with Gasteiger partial charge < -0.3 is 20.9 Å². The Morgan fingerprint density at radius 2 is 2.04 bits per heavy atom. The average molecular weight is 375 g/mol. The summed E-state index contributed by atoms with van der Waals surface area (Å²) in [7, 11) is 0. The molecule has 1 aromatic heterocycles. The summed E-state index contributed by atoms with van der Waals surface area (Å²) < 4.78 is 24.6. The van der Waals surface area contributed by atoms with Crippen LogP contribution >= 0.6 is 11.6 Å². The largest absolute Gasteiger partial charge is 0.486 e. The van der Waals surface area contributed by atoms with E-state index in [9.17, 15) is 4.39 Å². The van der Waals surface area contributed by atoms with Crippen molar-refractivity contribution in [1.29, 1.82) is 0 Å². The van der Waals surface area contributed by atoms with Crippen LogP contribution in [0.3, 0.4) is 0 Å². The van der Waals surface area contributed by atoms with E-state index < -0.39 is 5.82 Å². The maximum Gasteiger partial charge on any atom is 0.162 e. The van der Waals surface area contributed by atoms with Gasteiger partial charge in [0.1, 0.15) is 23.5 Å². The number of halogens is 2. The number of rotatable bonds is 3. The molecule has 0 aliphatic carbocycles. The molecule has 1 unspecified atom stereocenters. The third-order valence-corrected chi connectivity index (χ3v) is 4.51. The Morgan fingerprint density at radius 3 is 2.77 bits per heavy atom. The lowest BCUT2D eigenvalue weighted by atomic mass is 10.1. The lowest BCUT2D eigenvalue weighted by Gasteiger charge is -2.15. The second-order valence-corrected chi connectivity index (χ2v) is 6.48. The summed E-state index contributed by atoms with van der Waals surface area (Å²) in [5.41, 5.74) is 13.8. The van der Waals surface area contributed by atoms with Gasteiger partial charge in [-0.05, 0) is 24.3 Å². The van der Waals surface area contributed by atoms with Crippen molar-refractivity contribution in [3.05, 3.63) is 41.2 Å².